The van der Waals surface area contributed by atoms with Crippen molar-refractivity contribution in [2.75, 3.05) is 22.6 Å². The third kappa shape index (κ3) is 6.24. The van der Waals surface area contributed by atoms with Gasteiger partial charge in [-0.3, -0.25) is 4.79 Å². The lowest BCUT2D eigenvalue weighted by Crippen LogP contribution is -2.20. The standard InChI is InChI=1S/C13H20N2O3S/c1-10(2)9-19(17,18)7-6-13(16)15-12-5-3-4-11(14)8-12/h3-5,8,10H,6-7,9,14H2,1-2H3,(H,15,16). The third-order valence-electron chi connectivity index (χ3n) is 2.40. The fourth-order valence-corrected chi connectivity index (χ4v) is 3.36. The van der Waals surface area contributed by atoms with Crippen LogP contribution in [0.15, 0.2) is 24.3 Å². The normalized spacial score (nSPS) is 11.5. The van der Waals surface area contributed by atoms with Gasteiger partial charge in [0.15, 0.2) is 9.84 Å². The predicted molar refractivity (Wildman–Crippen MR) is 77.6 cm³/mol. The van der Waals surface area contributed by atoms with E-state index in [0.717, 1.165) is 0 Å². The van der Waals surface area contributed by atoms with Crippen LogP contribution in [-0.4, -0.2) is 25.8 Å². The highest BCUT2D eigenvalue weighted by atomic mass is 32.2. The summed E-state index contributed by atoms with van der Waals surface area (Å²) < 4.78 is 23.3. The number of carbonyl (C=O) groups excluding carboxylic acids is 1. The second kappa shape index (κ2) is 6.56. The summed E-state index contributed by atoms with van der Waals surface area (Å²) in [6.45, 7) is 3.68. The Morgan fingerprint density at radius 1 is 1.37 bits per heavy atom. The van der Waals surface area contributed by atoms with Crippen molar-refractivity contribution in [1.82, 2.24) is 0 Å². The zero-order chi connectivity index (χ0) is 14.5. The monoisotopic (exact) mass is 284 g/mol. The van der Waals surface area contributed by atoms with E-state index in [1.807, 2.05) is 13.8 Å². The molecule has 0 atom stereocenters. The van der Waals surface area contributed by atoms with Gasteiger partial charge in [0.25, 0.3) is 0 Å². The first-order valence-corrected chi connectivity index (χ1v) is 7.96. The van der Waals surface area contributed by atoms with Crippen LogP contribution in [0.25, 0.3) is 0 Å². The molecule has 0 saturated carbocycles. The van der Waals surface area contributed by atoms with Gasteiger partial charge in [-0.15, -0.1) is 0 Å². The summed E-state index contributed by atoms with van der Waals surface area (Å²) in [6.07, 6.45) is -0.0378. The predicted octanol–water partition coefficient (Wildman–Crippen LogP) is 1.67. The number of hydrogen-bond acceptors (Lipinski definition) is 4. The van der Waals surface area contributed by atoms with Crippen LogP contribution < -0.4 is 11.1 Å². The Hall–Kier alpha value is -1.56. The van der Waals surface area contributed by atoms with Gasteiger partial charge < -0.3 is 11.1 Å². The minimum absolute atomic E-state index is 0.0378. The van der Waals surface area contributed by atoms with E-state index in [-0.39, 0.29) is 29.8 Å². The molecule has 106 valence electrons. The lowest BCUT2D eigenvalue weighted by atomic mass is 10.3. The maximum absolute atomic E-state index is 11.7. The Balaban J connectivity index is 2.48. The molecule has 6 heteroatoms. The molecule has 0 radical (unpaired) electrons. The number of nitrogens with one attached hydrogen (secondary N) is 1. The molecule has 0 aromatic heterocycles. The van der Waals surface area contributed by atoms with Gasteiger partial charge in [-0.25, -0.2) is 8.42 Å². The van der Waals surface area contributed by atoms with Crippen molar-refractivity contribution in [3.63, 3.8) is 0 Å². The summed E-state index contributed by atoms with van der Waals surface area (Å²) >= 11 is 0. The number of carbonyl (C=O) groups is 1. The molecule has 0 bridgehead atoms. The number of amides is 1. The smallest absolute Gasteiger partial charge is 0.225 e. The van der Waals surface area contributed by atoms with E-state index in [1.54, 1.807) is 24.3 Å². The molecule has 0 heterocycles. The van der Waals surface area contributed by atoms with Gasteiger partial charge in [0.2, 0.25) is 5.91 Å². The fourth-order valence-electron chi connectivity index (χ4n) is 1.68. The lowest BCUT2D eigenvalue weighted by Gasteiger charge is -2.08. The highest BCUT2D eigenvalue weighted by Crippen LogP contribution is 2.12. The number of rotatable bonds is 6. The first-order chi connectivity index (χ1) is 8.78. The van der Waals surface area contributed by atoms with E-state index in [9.17, 15) is 13.2 Å². The maximum Gasteiger partial charge on any atom is 0.225 e. The van der Waals surface area contributed by atoms with E-state index in [0.29, 0.717) is 11.4 Å². The molecule has 0 saturated heterocycles. The second-order valence-electron chi connectivity index (χ2n) is 4.93. The maximum atomic E-state index is 11.7. The average Bonchev–Trinajstić information content (AvgIpc) is 2.25. The molecule has 0 aliphatic heterocycles. The van der Waals surface area contributed by atoms with Crippen LogP contribution >= 0.6 is 0 Å². The quantitative estimate of drug-likeness (QED) is 0.778. The van der Waals surface area contributed by atoms with Crippen LogP contribution in [0.4, 0.5) is 11.4 Å². The van der Waals surface area contributed by atoms with Gasteiger partial charge in [0, 0.05) is 17.8 Å². The number of benzene rings is 1. The highest BCUT2D eigenvalue weighted by Gasteiger charge is 2.15. The molecule has 5 nitrogen and oxygen atoms in total. The van der Waals surface area contributed by atoms with Crippen molar-refractivity contribution in [3.05, 3.63) is 24.3 Å². The van der Waals surface area contributed by atoms with E-state index in [4.69, 9.17) is 5.73 Å². The van der Waals surface area contributed by atoms with E-state index in [1.165, 1.54) is 0 Å². The zero-order valence-corrected chi connectivity index (χ0v) is 12.0. The summed E-state index contributed by atoms with van der Waals surface area (Å²) in [7, 11) is -3.16. The molecule has 0 spiro atoms. The molecule has 0 unspecified atom stereocenters. The molecular weight excluding hydrogens is 264 g/mol. The van der Waals surface area contributed by atoms with Crippen LogP contribution in [0.5, 0.6) is 0 Å². The molecule has 0 aliphatic rings. The van der Waals surface area contributed by atoms with Crippen molar-refractivity contribution < 1.29 is 13.2 Å². The van der Waals surface area contributed by atoms with Crippen LogP contribution in [0.2, 0.25) is 0 Å². The fraction of sp³-hybridized carbons (Fsp3) is 0.462. The number of anilines is 2. The molecular formula is C13H20N2O3S. The molecule has 1 aromatic carbocycles. The van der Waals surface area contributed by atoms with Crippen molar-refractivity contribution in [1.29, 1.82) is 0 Å². The van der Waals surface area contributed by atoms with Gasteiger partial charge in [-0.2, -0.15) is 0 Å². The Kier molecular flexibility index (Phi) is 5.35. The number of nitrogens with two attached hydrogens (primary N) is 1. The van der Waals surface area contributed by atoms with Gasteiger partial charge in [0.05, 0.1) is 11.5 Å². The van der Waals surface area contributed by atoms with Crippen LogP contribution in [0.1, 0.15) is 20.3 Å². The zero-order valence-electron chi connectivity index (χ0n) is 11.2. The first-order valence-electron chi connectivity index (χ1n) is 6.14. The van der Waals surface area contributed by atoms with Crippen LogP contribution in [0.3, 0.4) is 0 Å². The van der Waals surface area contributed by atoms with E-state index >= 15 is 0 Å². The summed E-state index contributed by atoms with van der Waals surface area (Å²) in [5.74, 6) is -0.266. The molecule has 1 aromatic rings. The largest absolute Gasteiger partial charge is 0.399 e. The van der Waals surface area contributed by atoms with Crippen molar-refractivity contribution in [2.45, 2.75) is 20.3 Å². The van der Waals surface area contributed by atoms with Crippen molar-refractivity contribution in [2.24, 2.45) is 5.92 Å². The Labute approximate surface area is 114 Å². The Morgan fingerprint density at radius 3 is 2.63 bits per heavy atom. The molecule has 1 rings (SSSR count). The van der Waals surface area contributed by atoms with Gasteiger partial charge in [-0.1, -0.05) is 19.9 Å². The minimum atomic E-state index is -3.16. The topological polar surface area (TPSA) is 89.3 Å². The lowest BCUT2D eigenvalue weighted by molar-refractivity contribution is -0.115. The minimum Gasteiger partial charge on any atom is -0.399 e. The molecule has 1 amide bonds. The van der Waals surface area contributed by atoms with Crippen molar-refractivity contribution >= 4 is 27.1 Å². The van der Waals surface area contributed by atoms with Gasteiger partial charge in [-0.05, 0) is 24.1 Å². The number of sulfone groups is 1. The summed E-state index contributed by atoms with van der Waals surface area (Å²) in [5.41, 5.74) is 6.71. The highest BCUT2D eigenvalue weighted by molar-refractivity contribution is 7.91. The van der Waals surface area contributed by atoms with Crippen LogP contribution in [0, 0.1) is 5.92 Å². The average molecular weight is 284 g/mol. The SMILES string of the molecule is CC(C)CS(=O)(=O)CCC(=O)Nc1cccc(N)c1. The summed E-state index contributed by atoms with van der Waals surface area (Å²) in [5, 5.41) is 2.63. The first kappa shape index (κ1) is 15.5. The molecule has 0 fully saturated rings. The van der Waals surface area contributed by atoms with E-state index in [2.05, 4.69) is 5.32 Å². The van der Waals surface area contributed by atoms with Crippen LogP contribution in [-0.2, 0) is 14.6 Å². The number of hydrogen-bond donors (Lipinski definition) is 2. The Bertz CT molecular complexity index is 539. The molecule has 0 aliphatic carbocycles. The number of nitrogen functional groups attached to an aromatic ring is 1. The van der Waals surface area contributed by atoms with Gasteiger partial charge >= 0.3 is 0 Å². The van der Waals surface area contributed by atoms with Crippen molar-refractivity contribution in [3.8, 4) is 0 Å². The summed E-state index contributed by atoms with van der Waals surface area (Å²) in [6, 6.07) is 6.76. The second-order valence-corrected chi connectivity index (χ2v) is 7.16. The molecule has 3 N–H and O–H groups in total. The molecule has 19 heavy (non-hydrogen) atoms. The third-order valence-corrected chi connectivity index (χ3v) is 4.40. The van der Waals surface area contributed by atoms with E-state index < -0.39 is 9.84 Å². The van der Waals surface area contributed by atoms with Gasteiger partial charge in [0.1, 0.15) is 0 Å². The Morgan fingerprint density at radius 2 is 2.05 bits per heavy atom. The summed E-state index contributed by atoms with van der Waals surface area (Å²) in [4.78, 5) is 11.6.